The molecule has 0 bridgehead atoms. The predicted octanol–water partition coefficient (Wildman–Crippen LogP) is 6.39. The highest BCUT2D eigenvalue weighted by atomic mass is 79.9. The van der Waals surface area contributed by atoms with Crippen molar-refractivity contribution in [3.63, 3.8) is 0 Å². The van der Waals surface area contributed by atoms with Crippen molar-refractivity contribution in [2.75, 3.05) is 7.05 Å². The van der Waals surface area contributed by atoms with Gasteiger partial charge in [0.1, 0.15) is 4.34 Å². The summed E-state index contributed by atoms with van der Waals surface area (Å²) in [6.07, 6.45) is 0. The number of rotatable bonds is 3. The fraction of sp³-hybridized carbons (Fsp3) is 0.125. The van der Waals surface area contributed by atoms with E-state index >= 15 is 0 Å². The first-order chi connectivity index (χ1) is 10.1. The van der Waals surface area contributed by atoms with Crippen molar-refractivity contribution in [2.45, 2.75) is 6.04 Å². The van der Waals surface area contributed by atoms with Crippen molar-refractivity contribution in [1.29, 1.82) is 0 Å². The number of fused-ring (bicyclic) bond motifs is 1. The Morgan fingerprint density at radius 2 is 1.76 bits per heavy atom. The third-order valence-electron chi connectivity index (χ3n) is 3.40. The summed E-state index contributed by atoms with van der Waals surface area (Å²) >= 11 is 14.8. The molecule has 108 valence electrons. The summed E-state index contributed by atoms with van der Waals surface area (Å²) in [7, 11) is 1.97. The monoisotopic (exact) mass is 443 g/mol. The zero-order valence-corrected chi connectivity index (χ0v) is 15.9. The van der Waals surface area contributed by atoms with Crippen LogP contribution in [0.5, 0.6) is 0 Å². The second kappa shape index (κ2) is 6.39. The van der Waals surface area contributed by atoms with Crippen LogP contribution in [0.1, 0.15) is 16.5 Å². The molecule has 5 heteroatoms. The van der Waals surface area contributed by atoms with Crippen LogP contribution in [0.25, 0.3) is 10.8 Å². The van der Waals surface area contributed by atoms with Gasteiger partial charge < -0.3 is 5.32 Å². The minimum Gasteiger partial charge on any atom is -0.309 e. The lowest BCUT2D eigenvalue weighted by Crippen LogP contribution is -2.16. The van der Waals surface area contributed by atoms with E-state index < -0.39 is 0 Å². The molecule has 0 saturated heterocycles. The Hall–Kier alpha value is -0.390. The zero-order valence-electron chi connectivity index (χ0n) is 11.2. The molecule has 1 heterocycles. The van der Waals surface area contributed by atoms with Crippen LogP contribution in [0.3, 0.4) is 0 Å². The Bertz CT molecular complexity index is 781. The number of hydrogen-bond acceptors (Lipinski definition) is 2. The van der Waals surface area contributed by atoms with E-state index in [0.717, 1.165) is 13.3 Å². The van der Waals surface area contributed by atoms with E-state index in [2.05, 4.69) is 79.6 Å². The SMILES string of the molecule is CNC(c1ccc2cc(Br)ccc2c1)c1cc(Br)c(Cl)s1. The lowest BCUT2D eigenvalue weighted by Gasteiger charge is -2.15. The molecule has 3 rings (SSSR count). The summed E-state index contributed by atoms with van der Waals surface area (Å²) < 4.78 is 2.84. The van der Waals surface area contributed by atoms with Gasteiger partial charge in [-0.15, -0.1) is 11.3 Å². The molecule has 1 unspecified atom stereocenters. The van der Waals surface area contributed by atoms with Gasteiger partial charge in [-0.25, -0.2) is 0 Å². The molecule has 2 aromatic carbocycles. The summed E-state index contributed by atoms with van der Waals surface area (Å²) in [6, 6.07) is 15.1. The number of benzene rings is 2. The second-order valence-corrected chi connectivity index (χ2v) is 8.20. The lowest BCUT2D eigenvalue weighted by molar-refractivity contribution is 0.704. The molecule has 3 aromatic rings. The Kier molecular flexibility index (Phi) is 4.71. The first kappa shape index (κ1) is 15.5. The van der Waals surface area contributed by atoms with E-state index in [1.807, 2.05) is 7.05 Å². The normalized spacial score (nSPS) is 12.8. The van der Waals surface area contributed by atoms with E-state index in [9.17, 15) is 0 Å². The van der Waals surface area contributed by atoms with Crippen LogP contribution in [0.2, 0.25) is 4.34 Å². The molecule has 0 fully saturated rings. The summed E-state index contributed by atoms with van der Waals surface area (Å²) in [4.78, 5) is 1.20. The Balaban J connectivity index is 2.06. The first-order valence-corrected chi connectivity index (χ1v) is 9.18. The van der Waals surface area contributed by atoms with Crippen LogP contribution in [0.15, 0.2) is 51.4 Å². The van der Waals surface area contributed by atoms with Crippen LogP contribution in [0, 0.1) is 0 Å². The third kappa shape index (κ3) is 3.20. The highest BCUT2D eigenvalue weighted by Gasteiger charge is 2.16. The van der Waals surface area contributed by atoms with E-state index in [1.54, 1.807) is 11.3 Å². The van der Waals surface area contributed by atoms with Gasteiger partial charge in [0.15, 0.2) is 0 Å². The van der Waals surface area contributed by atoms with E-state index in [0.29, 0.717) is 0 Å². The van der Waals surface area contributed by atoms with E-state index in [1.165, 1.54) is 21.2 Å². The van der Waals surface area contributed by atoms with E-state index in [-0.39, 0.29) is 6.04 Å². The standard InChI is InChI=1S/C16H12Br2ClNS/c1-20-15(14-8-13(18)16(19)21-14)11-3-2-10-7-12(17)5-4-9(10)6-11/h2-8,15,20H,1H3. The minimum absolute atomic E-state index is 0.145. The van der Waals surface area contributed by atoms with Crippen LogP contribution in [-0.2, 0) is 0 Å². The largest absolute Gasteiger partial charge is 0.309 e. The fourth-order valence-corrected chi connectivity index (χ4v) is 4.65. The third-order valence-corrected chi connectivity index (χ3v) is 6.43. The molecular weight excluding hydrogens is 434 g/mol. The fourth-order valence-electron chi connectivity index (χ4n) is 2.39. The van der Waals surface area contributed by atoms with Crippen molar-refractivity contribution >= 4 is 65.6 Å². The van der Waals surface area contributed by atoms with Crippen LogP contribution < -0.4 is 5.32 Å². The topological polar surface area (TPSA) is 12.0 Å². The van der Waals surface area contributed by atoms with Crippen molar-refractivity contribution in [3.8, 4) is 0 Å². The average Bonchev–Trinajstić information content (AvgIpc) is 2.79. The van der Waals surface area contributed by atoms with Gasteiger partial charge in [-0.3, -0.25) is 0 Å². The Labute approximate surface area is 149 Å². The van der Waals surface area contributed by atoms with E-state index in [4.69, 9.17) is 11.6 Å². The lowest BCUT2D eigenvalue weighted by atomic mass is 10.0. The number of halogens is 3. The smallest absolute Gasteiger partial charge is 0.107 e. The summed E-state index contributed by atoms with van der Waals surface area (Å²) in [5, 5.41) is 5.84. The van der Waals surface area contributed by atoms with Gasteiger partial charge in [-0.05, 0) is 63.6 Å². The number of thiophene rings is 1. The van der Waals surface area contributed by atoms with Gasteiger partial charge in [0.05, 0.1) is 6.04 Å². The van der Waals surface area contributed by atoms with Gasteiger partial charge in [-0.1, -0.05) is 45.7 Å². The predicted molar refractivity (Wildman–Crippen MR) is 99.6 cm³/mol. The molecular formula is C16H12Br2ClNS. The van der Waals surface area contributed by atoms with Gasteiger partial charge in [0.25, 0.3) is 0 Å². The molecule has 0 aliphatic rings. The van der Waals surface area contributed by atoms with Crippen molar-refractivity contribution in [1.82, 2.24) is 5.32 Å². The molecule has 1 nitrogen and oxygen atoms in total. The van der Waals surface area contributed by atoms with Crippen molar-refractivity contribution in [3.05, 3.63) is 66.2 Å². The maximum atomic E-state index is 6.17. The summed E-state index contributed by atoms with van der Waals surface area (Å²) in [5.41, 5.74) is 1.23. The van der Waals surface area contributed by atoms with Gasteiger partial charge >= 0.3 is 0 Å². The molecule has 0 amide bonds. The minimum atomic E-state index is 0.145. The highest BCUT2D eigenvalue weighted by molar-refractivity contribution is 9.10. The maximum Gasteiger partial charge on any atom is 0.107 e. The second-order valence-electron chi connectivity index (χ2n) is 4.74. The number of hydrogen-bond donors (Lipinski definition) is 1. The maximum absolute atomic E-state index is 6.17. The molecule has 0 spiro atoms. The molecule has 0 aliphatic heterocycles. The van der Waals surface area contributed by atoms with Crippen LogP contribution in [0.4, 0.5) is 0 Å². The average molecular weight is 446 g/mol. The van der Waals surface area contributed by atoms with Gasteiger partial charge in [0.2, 0.25) is 0 Å². The van der Waals surface area contributed by atoms with Crippen molar-refractivity contribution in [2.24, 2.45) is 0 Å². The number of nitrogens with one attached hydrogen (secondary N) is 1. The van der Waals surface area contributed by atoms with Gasteiger partial charge in [-0.2, -0.15) is 0 Å². The highest BCUT2D eigenvalue weighted by Crippen LogP contribution is 2.37. The first-order valence-electron chi connectivity index (χ1n) is 6.39. The Morgan fingerprint density at radius 3 is 2.43 bits per heavy atom. The Morgan fingerprint density at radius 1 is 1.05 bits per heavy atom. The molecule has 1 atom stereocenters. The zero-order chi connectivity index (χ0) is 15.0. The summed E-state index contributed by atoms with van der Waals surface area (Å²) in [6.45, 7) is 0. The van der Waals surface area contributed by atoms with Crippen LogP contribution >= 0.6 is 54.8 Å². The molecule has 21 heavy (non-hydrogen) atoms. The van der Waals surface area contributed by atoms with Crippen LogP contribution in [-0.4, -0.2) is 7.05 Å². The summed E-state index contributed by atoms with van der Waals surface area (Å²) in [5.74, 6) is 0. The van der Waals surface area contributed by atoms with Gasteiger partial charge in [0, 0.05) is 13.8 Å². The quantitative estimate of drug-likeness (QED) is 0.493. The molecule has 1 aromatic heterocycles. The molecule has 1 N–H and O–H groups in total. The molecule has 0 aliphatic carbocycles. The molecule has 0 radical (unpaired) electrons. The molecule has 0 saturated carbocycles. The van der Waals surface area contributed by atoms with Crippen molar-refractivity contribution < 1.29 is 0 Å².